The van der Waals surface area contributed by atoms with E-state index in [-0.39, 0.29) is 11.9 Å². The number of halogens is 2. The minimum Gasteiger partial charge on any atom is -0.335 e. The molecule has 0 radical (unpaired) electrons. The molecular weight excluding hydrogens is 355 g/mol. The lowest BCUT2D eigenvalue weighted by Gasteiger charge is -2.16. The standard InChI is InChI=1S/C20H20Cl2N2O/c1-12(2)14-4-7-19-15(10-14)8-9-24(19)13(3)20(25)23-18-11-16(21)5-6-17(18)22/h4-13H,1-3H3,(H,23,25). The number of hydrogen-bond acceptors (Lipinski definition) is 1. The summed E-state index contributed by atoms with van der Waals surface area (Å²) in [5, 5.41) is 4.98. The third kappa shape index (κ3) is 3.68. The van der Waals surface area contributed by atoms with Crippen LogP contribution in [-0.2, 0) is 4.79 Å². The maximum Gasteiger partial charge on any atom is 0.247 e. The van der Waals surface area contributed by atoms with Crippen LogP contribution in [0.5, 0.6) is 0 Å². The van der Waals surface area contributed by atoms with Gasteiger partial charge in [-0.2, -0.15) is 0 Å². The lowest BCUT2D eigenvalue weighted by Crippen LogP contribution is -2.23. The fourth-order valence-corrected chi connectivity index (χ4v) is 3.17. The minimum atomic E-state index is -0.377. The first kappa shape index (κ1) is 17.8. The molecular formula is C20H20Cl2N2O. The largest absolute Gasteiger partial charge is 0.335 e. The van der Waals surface area contributed by atoms with E-state index in [0.717, 1.165) is 10.9 Å². The molecule has 1 aromatic heterocycles. The molecule has 25 heavy (non-hydrogen) atoms. The van der Waals surface area contributed by atoms with E-state index in [1.165, 1.54) is 5.56 Å². The zero-order chi connectivity index (χ0) is 18.1. The summed E-state index contributed by atoms with van der Waals surface area (Å²) >= 11 is 12.1. The van der Waals surface area contributed by atoms with E-state index in [2.05, 4.69) is 37.4 Å². The van der Waals surface area contributed by atoms with Crippen LogP contribution in [0, 0.1) is 0 Å². The van der Waals surface area contributed by atoms with Crippen molar-refractivity contribution >= 4 is 45.7 Å². The number of benzene rings is 2. The van der Waals surface area contributed by atoms with Gasteiger partial charge in [-0.05, 0) is 60.2 Å². The Kier molecular flexibility index (Phi) is 5.07. The van der Waals surface area contributed by atoms with E-state index in [0.29, 0.717) is 21.7 Å². The second-order valence-corrected chi connectivity index (χ2v) is 7.33. The molecule has 0 saturated heterocycles. The van der Waals surface area contributed by atoms with Gasteiger partial charge < -0.3 is 9.88 Å². The Morgan fingerprint density at radius 1 is 1.04 bits per heavy atom. The first-order chi connectivity index (χ1) is 11.9. The topological polar surface area (TPSA) is 34.0 Å². The van der Waals surface area contributed by atoms with Crippen LogP contribution < -0.4 is 5.32 Å². The molecule has 0 spiro atoms. The van der Waals surface area contributed by atoms with Gasteiger partial charge in [-0.25, -0.2) is 0 Å². The molecule has 5 heteroatoms. The van der Waals surface area contributed by atoms with Crippen LogP contribution in [0.2, 0.25) is 10.0 Å². The molecule has 1 N–H and O–H groups in total. The number of rotatable bonds is 4. The molecule has 3 aromatic rings. The van der Waals surface area contributed by atoms with Crippen molar-refractivity contribution in [3.63, 3.8) is 0 Å². The van der Waals surface area contributed by atoms with E-state index in [9.17, 15) is 4.79 Å². The lowest BCUT2D eigenvalue weighted by molar-refractivity contribution is -0.118. The highest BCUT2D eigenvalue weighted by atomic mass is 35.5. The van der Waals surface area contributed by atoms with Gasteiger partial charge in [-0.15, -0.1) is 0 Å². The van der Waals surface area contributed by atoms with Crippen LogP contribution in [0.3, 0.4) is 0 Å². The number of hydrogen-bond donors (Lipinski definition) is 1. The number of amides is 1. The molecule has 0 aliphatic carbocycles. The van der Waals surface area contributed by atoms with Crippen molar-refractivity contribution < 1.29 is 4.79 Å². The molecule has 1 heterocycles. The molecule has 0 fully saturated rings. The molecule has 1 unspecified atom stereocenters. The molecule has 3 rings (SSSR count). The number of fused-ring (bicyclic) bond motifs is 1. The molecule has 2 aromatic carbocycles. The summed E-state index contributed by atoms with van der Waals surface area (Å²) in [6.07, 6.45) is 1.94. The Labute approximate surface area is 157 Å². The second-order valence-electron chi connectivity index (χ2n) is 6.49. The number of nitrogens with zero attached hydrogens (tertiary/aromatic N) is 1. The van der Waals surface area contributed by atoms with Crippen molar-refractivity contribution in [2.75, 3.05) is 5.32 Å². The first-order valence-corrected chi connectivity index (χ1v) is 8.99. The maximum atomic E-state index is 12.7. The highest BCUT2D eigenvalue weighted by molar-refractivity contribution is 6.35. The van der Waals surface area contributed by atoms with Crippen LogP contribution in [0.1, 0.15) is 38.3 Å². The summed E-state index contributed by atoms with van der Waals surface area (Å²) in [6.45, 7) is 6.20. The Hall–Kier alpha value is -1.97. The molecule has 130 valence electrons. The number of carbonyl (C=O) groups excluding carboxylic acids is 1. The second kappa shape index (κ2) is 7.11. The summed E-state index contributed by atoms with van der Waals surface area (Å²) in [5.41, 5.74) is 2.84. The average molecular weight is 375 g/mol. The van der Waals surface area contributed by atoms with Crippen LogP contribution in [0.4, 0.5) is 5.69 Å². The fraction of sp³-hybridized carbons (Fsp3) is 0.250. The summed E-state index contributed by atoms with van der Waals surface area (Å²) < 4.78 is 1.97. The van der Waals surface area contributed by atoms with Crippen molar-refractivity contribution in [2.45, 2.75) is 32.7 Å². The minimum absolute atomic E-state index is 0.144. The summed E-state index contributed by atoms with van der Waals surface area (Å²) in [7, 11) is 0. The van der Waals surface area contributed by atoms with Gasteiger partial charge in [-0.1, -0.05) is 43.1 Å². The Bertz CT molecular complexity index is 931. The zero-order valence-electron chi connectivity index (χ0n) is 14.4. The van der Waals surface area contributed by atoms with Gasteiger partial charge in [0.15, 0.2) is 0 Å². The van der Waals surface area contributed by atoms with Gasteiger partial charge in [0, 0.05) is 16.7 Å². The fourth-order valence-electron chi connectivity index (χ4n) is 2.84. The van der Waals surface area contributed by atoms with Gasteiger partial charge in [0.25, 0.3) is 0 Å². The van der Waals surface area contributed by atoms with E-state index in [1.54, 1.807) is 18.2 Å². The van der Waals surface area contributed by atoms with Crippen molar-refractivity contribution in [3.8, 4) is 0 Å². The van der Waals surface area contributed by atoms with Gasteiger partial charge in [0.05, 0.1) is 10.7 Å². The normalized spacial score (nSPS) is 12.6. The van der Waals surface area contributed by atoms with E-state index < -0.39 is 0 Å². The van der Waals surface area contributed by atoms with Crippen molar-refractivity contribution in [1.82, 2.24) is 4.57 Å². The SMILES string of the molecule is CC(C)c1ccc2c(ccn2C(C)C(=O)Nc2cc(Cl)ccc2Cl)c1. The smallest absolute Gasteiger partial charge is 0.247 e. The van der Waals surface area contributed by atoms with E-state index in [1.807, 2.05) is 23.8 Å². The summed E-state index contributed by atoms with van der Waals surface area (Å²) in [5.74, 6) is 0.327. The third-order valence-corrected chi connectivity index (χ3v) is 4.96. The summed E-state index contributed by atoms with van der Waals surface area (Å²) in [6, 6.07) is 13.0. The molecule has 1 atom stereocenters. The first-order valence-electron chi connectivity index (χ1n) is 8.23. The lowest BCUT2D eigenvalue weighted by atomic mass is 10.0. The van der Waals surface area contributed by atoms with Gasteiger partial charge in [0.2, 0.25) is 5.91 Å². The van der Waals surface area contributed by atoms with Crippen LogP contribution in [0.25, 0.3) is 10.9 Å². The average Bonchev–Trinajstić information content (AvgIpc) is 3.00. The van der Waals surface area contributed by atoms with Gasteiger partial charge in [0.1, 0.15) is 6.04 Å². The third-order valence-electron chi connectivity index (χ3n) is 4.39. The molecule has 0 saturated carbocycles. The molecule has 1 amide bonds. The van der Waals surface area contributed by atoms with Crippen molar-refractivity contribution in [2.24, 2.45) is 0 Å². The highest BCUT2D eigenvalue weighted by Gasteiger charge is 2.18. The number of anilines is 1. The zero-order valence-corrected chi connectivity index (χ0v) is 15.9. The van der Waals surface area contributed by atoms with Crippen LogP contribution in [-0.4, -0.2) is 10.5 Å². The van der Waals surface area contributed by atoms with Crippen molar-refractivity contribution in [1.29, 1.82) is 0 Å². The summed E-state index contributed by atoms with van der Waals surface area (Å²) in [4.78, 5) is 12.7. The Morgan fingerprint density at radius 2 is 1.80 bits per heavy atom. The Morgan fingerprint density at radius 3 is 2.52 bits per heavy atom. The molecule has 0 aliphatic heterocycles. The van der Waals surface area contributed by atoms with Crippen molar-refractivity contribution in [3.05, 3.63) is 64.3 Å². The number of aromatic nitrogens is 1. The quantitative estimate of drug-likeness (QED) is 0.573. The number of carbonyl (C=O) groups is 1. The van der Waals surface area contributed by atoms with E-state index in [4.69, 9.17) is 23.2 Å². The number of nitrogens with one attached hydrogen (secondary N) is 1. The Balaban J connectivity index is 1.87. The predicted octanol–water partition coefficient (Wildman–Crippen LogP) is 6.27. The van der Waals surface area contributed by atoms with Gasteiger partial charge >= 0.3 is 0 Å². The van der Waals surface area contributed by atoms with Crippen LogP contribution in [0.15, 0.2) is 48.7 Å². The maximum absolute atomic E-state index is 12.7. The predicted molar refractivity (Wildman–Crippen MR) is 106 cm³/mol. The molecule has 0 bridgehead atoms. The monoisotopic (exact) mass is 374 g/mol. The van der Waals surface area contributed by atoms with E-state index >= 15 is 0 Å². The molecule has 0 aliphatic rings. The highest BCUT2D eigenvalue weighted by Crippen LogP contribution is 2.28. The van der Waals surface area contributed by atoms with Gasteiger partial charge in [-0.3, -0.25) is 4.79 Å². The molecule has 3 nitrogen and oxygen atoms in total. The van der Waals surface area contributed by atoms with Crippen LogP contribution >= 0.6 is 23.2 Å².